The maximum absolute atomic E-state index is 13.6. The number of halogens is 4. The summed E-state index contributed by atoms with van der Waals surface area (Å²) in [5.41, 5.74) is 2.03. The number of carbonyl (C=O) groups excluding carboxylic acids is 2. The third-order valence-corrected chi connectivity index (χ3v) is 8.93. The Morgan fingerprint density at radius 3 is 2.27 bits per heavy atom. The maximum atomic E-state index is 13.6. The van der Waals surface area contributed by atoms with E-state index in [2.05, 4.69) is 22.0 Å². The van der Waals surface area contributed by atoms with Crippen LogP contribution in [0.15, 0.2) is 85.1 Å². The molecule has 1 fully saturated rings. The van der Waals surface area contributed by atoms with Crippen molar-refractivity contribution in [3.63, 3.8) is 0 Å². The molecule has 3 aromatic carbocycles. The zero-order valence-corrected chi connectivity index (χ0v) is 27.8. The highest BCUT2D eigenvalue weighted by molar-refractivity contribution is 6.34. The van der Waals surface area contributed by atoms with Crippen molar-refractivity contribution in [1.29, 1.82) is 0 Å². The lowest BCUT2D eigenvalue weighted by molar-refractivity contribution is -0.137. The van der Waals surface area contributed by atoms with Gasteiger partial charge in [0.2, 0.25) is 5.88 Å². The molecule has 1 saturated heterocycles. The molecule has 1 aliphatic rings. The number of methoxy groups -OCH3 is 1. The number of benzene rings is 3. The molecule has 0 N–H and O–H groups in total. The predicted molar refractivity (Wildman–Crippen MR) is 181 cm³/mol. The number of pyridine rings is 1. The van der Waals surface area contributed by atoms with Gasteiger partial charge in [-0.3, -0.25) is 14.5 Å². The van der Waals surface area contributed by atoms with Gasteiger partial charge in [-0.15, -0.1) is 0 Å². The molecule has 6 rings (SSSR count). The van der Waals surface area contributed by atoms with Crippen molar-refractivity contribution in [2.45, 2.75) is 12.7 Å². The van der Waals surface area contributed by atoms with Gasteiger partial charge in [0.25, 0.3) is 11.8 Å². The number of hydrogen-bond donors (Lipinski definition) is 0. The third kappa shape index (κ3) is 7.35. The fraction of sp³-hybridized carbons (Fsp3) is 0.250. The zero-order chi connectivity index (χ0) is 34.9. The quantitative estimate of drug-likeness (QED) is 0.170. The van der Waals surface area contributed by atoms with Crippen molar-refractivity contribution < 1.29 is 32.2 Å². The van der Waals surface area contributed by atoms with Crippen molar-refractivity contribution in [2.75, 3.05) is 45.2 Å². The molecule has 0 atom stereocenters. The van der Waals surface area contributed by atoms with E-state index in [0.29, 0.717) is 30.2 Å². The number of aryl methyl sites for hydroxylation is 1. The van der Waals surface area contributed by atoms with Crippen LogP contribution in [0.4, 0.5) is 18.9 Å². The van der Waals surface area contributed by atoms with Crippen molar-refractivity contribution in [1.82, 2.24) is 19.4 Å². The summed E-state index contributed by atoms with van der Waals surface area (Å²) in [5.74, 6) is 0.969. The molecule has 3 heterocycles. The lowest BCUT2D eigenvalue weighted by Gasteiger charge is -2.34. The first-order valence-corrected chi connectivity index (χ1v) is 15.8. The third-order valence-electron chi connectivity index (χ3n) is 8.62. The van der Waals surface area contributed by atoms with Crippen LogP contribution < -0.4 is 14.4 Å². The van der Waals surface area contributed by atoms with E-state index >= 15 is 0 Å². The minimum Gasteiger partial charge on any atom is -0.497 e. The molecule has 254 valence electrons. The fourth-order valence-corrected chi connectivity index (χ4v) is 6.03. The van der Waals surface area contributed by atoms with Crippen LogP contribution in [-0.2, 0) is 19.8 Å². The van der Waals surface area contributed by atoms with Crippen LogP contribution in [0.5, 0.6) is 17.4 Å². The molecule has 0 radical (unpaired) electrons. The van der Waals surface area contributed by atoms with E-state index in [4.69, 9.17) is 21.1 Å². The van der Waals surface area contributed by atoms with Crippen LogP contribution >= 0.6 is 11.6 Å². The second-order valence-corrected chi connectivity index (χ2v) is 12.1. The van der Waals surface area contributed by atoms with Crippen LogP contribution in [0.3, 0.4) is 0 Å². The number of rotatable bonds is 8. The highest BCUT2D eigenvalue weighted by Crippen LogP contribution is 2.33. The Morgan fingerprint density at radius 2 is 1.63 bits per heavy atom. The summed E-state index contributed by atoms with van der Waals surface area (Å²) >= 11 is 6.01. The molecule has 1 aliphatic heterocycles. The number of ether oxygens (including phenoxy) is 2. The Labute approximate surface area is 286 Å². The number of alkyl halides is 3. The smallest absolute Gasteiger partial charge is 0.416 e. The second-order valence-electron chi connectivity index (χ2n) is 11.7. The van der Waals surface area contributed by atoms with Gasteiger partial charge in [0.05, 0.1) is 35.1 Å². The van der Waals surface area contributed by atoms with Gasteiger partial charge in [0.1, 0.15) is 17.2 Å². The van der Waals surface area contributed by atoms with E-state index in [1.807, 2.05) is 46.8 Å². The highest BCUT2D eigenvalue weighted by Gasteiger charge is 2.32. The summed E-state index contributed by atoms with van der Waals surface area (Å²) in [6.07, 6.45) is -3.16. The van der Waals surface area contributed by atoms with E-state index in [9.17, 15) is 22.8 Å². The first kappa shape index (κ1) is 33.8. The number of fused-ring (bicyclic) bond motifs is 1. The molecular formula is C36H33ClF3N5O4. The molecule has 2 amide bonds. The molecule has 0 unspecified atom stereocenters. The lowest BCUT2D eigenvalue weighted by atomic mass is 10.1. The Kier molecular flexibility index (Phi) is 9.53. The SMILES string of the molecule is COc1ccc(CN2CCN(C(=O)c3cc4cc(Oc5ccc(N(C)C(=O)c6ccc(C(F)(F)F)cc6Cl)cn5)ccc4n3C)CC2)cc1. The van der Waals surface area contributed by atoms with Crippen molar-refractivity contribution in [3.8, 4) is 17.4 Å². The monoisotopic (exact) mass is 691 g/mol. The number of carbonyl (C=O) groups is 2. The number of amides is 2. The fourth-order valence-electron chi connectivity index (χ4n) is 5.77. The molecule has 5 aromatic rings. The largest absolute Gasteiger partial charge is 0.497 e. The van der Waals surface area contributed by atoms with Crippen LogP contribution in [0.1, 0.15) is 32.0 Å². The summed E-state index contributed by atoms with van der Waals surface area (Å²) in [5, 5.41) is 0.529. The minimum absolute atomic E-state index is 0.0289. The minimum atomic E-state index is -4.57. The molecular weight excluding hydrogens is 659 g/mol. The summed E-state index contributed by atoms with van der Waals surface area (Å²) in [7, 11) is 4.99. The zero-order valence-electron chi connectivity index (χ0n) is 27.0. The van der Waals surface area contributed by atoms with Crippen LogP contribution in [0.25, 0.3) is 10.9 Å². The first-order valence-electron chi connectivity index (χ1n) is 15.4. The summed E-state index contributed by atoms with van der Waals surface area (Å²) in [4.78, 5) is 36.3. The van der Waals surface area contributed by atoms with Gasteiger partial charge in [0.15, 0.2) is 0 Å². The van der Waals surface area contributed by atoms with Gasteiger partial charge in [-0.1, -0.05) is 23.7 Å². The molecule has 0 bridgehead atoms. The number of piperazine rings is 1. The second kappa shape index (κ2) is 13.8. The molecule has 0 spiro atoms. The molecule has 0 saturated carbocycles. The Bertz CT molecular complexity index is 1990. The van der Waals surface area contributed by atoms with Gasteiger partial charge in [0, 0.05) is 63.8 Å². The first-order chi connectivity index (χ1) is 23.4. The number of aromatic nitrogens is 2. The molecule has 2 aromatic heterocycles. The van der Waals surface area contributed by atoms with Crippen LogP contribution in [0, 0.1) is 0 Å². The average molecular weight is 692 g/mol. The van der Waals surface area contributed by atoms with Gasteiger partial charge >= 0.3 is 6.18 Å². The van der Waals surface area contributed by atoms with Gasteiger partial charge in [-0.25, -0.2) is 4.98 Å². The molecule has 13 heteroatoms. The standard InChI is InChI=1S/C36H33ClF3N5O4/c1-42(34(46)29-11-6-25(20-30(29)37)36(38,39)40)26-7-13-33(41-21-26)49-28-10-12-31-24(18-28)19-32(43(31)2)35(47)45-16-14-44(15-17-45)22-23-4-8-27(48-3)9-5-23/h4-13,18-21H,14-17,22H2,1-3H3. The molecule has 0 aliphatic carbocycles. The van der Waals surface area contributed by atoms with E-state index in [0.717, 1.165) is 54.5 Å². The predicted octanol–water partition coefficient (Wildman–Crippen LogP) is 7.28. The van der Waals surface area contributed by atoms with Gasteiger partial charge < -0.3 is 23.8 Å². The molecule has 49 heavy (non-hydrogen) atoms. The van der Waals surface area contributed by atoms with E-state index in [1.54, 1.807) is 25.3 Å². The highest BCUT2D eigenvalue weighted by atomic mass is 35.5. The number of nitrogens with zero attached hydrogens (tertiary/aromatic N) is 5. The summed E-state index contributed by atoms with van der Waals surface area (Å²) in [6, 6.07) is 21.2. The Morgan fingerprint density at radius 1 is 0.918 bits per heavy atom. The van der Waals surface area contributed by atoms with Crippen molar-refractivity contribution >= 4 is 40.0 Å². The van der Waals surface area contributed by atoms with Crippen LogP contribution in [-0.4, -0.2) is 71.5 Å². The topological polar surface area (TPSA) is 80.1 Å². The van der Waals surface area contributed by atoms with Gasteiger partial charge in [-0.05, 0) is 66.2 Å². The van der Waals surface area contributed by atoms with E-state index in [1.165, 1.54) is 23.7 Å². The van der Waals surface area contributed by atoms with Crippen LogP contribution in [0.2, 0.25) is 5.02 Å². The van der Waals surface area contributed by atoms with Gasteiger partial charge in [-0.2, -0.15) is 13.2 Å². The maximum Gasteiger partial charge on any atom is 0.416 e. The summed E-state index contributed by atoms with van der Waals surface area (Å²) in [6.45, 7) is 3.62. The van der Waals surface area contributed by atoms with E-state index in [-0.39, 0.29) is 22.4 Å². The molecule has 9 nitrogen and oxygen atoms in total. The lowest BCUT2D eigenvalue weighted by Crippen LogP contribution is -2.48. The number of anilines is 1. The normalized spacial score (nSPS) is 13.8. The number of hydrogen-bond acceptors (Lipinski definition) is 6. The summed E-state index contributed by atoms with van der Waals surface area (Å²) < 4.78 is 52.1. The van der Waals surface area contributed by atoms with Crippen molar-refractivity contribution in [3.05, 3.63) is 112 Å². The van der Waals surface area contributed by atoms with E-state index < -0.39 is 17.6 Å². The van der Waals surface area contributed by atoms with Crippen molar-refractivity contribution in [2.24, 2.45) is 7.05 Å². The average Bonchev–Trinajstić information content (AvgIpc) is 3.43. The Balaban J connectivity index is 1.08. The Hall–Kier alpha value is -5.07.